The van der Waals surface area contributed by atoms with Gasteiger partial charge in [0.15, 0.2) is 11.6 Å². The van der Waals surface area contributed by atoms with Crippen LogP contribution in [0.1, 0.15) is 12.5 Å². The van der Waals surface area contributed by atoms with E-state index in [0.717, 1.165) is 17.8 Å². The zero-order valence-electron chi connectivity index (χ0n) is 10.4. The van der Waals surface area contributed by atoms with Crippen molar-refractivity contribution in [3.63, 3.8) is 0 Å². The van der Waals surface area contributed by atoms with Gasteiger partial charge in [0.1, 0.15) is 5.82 Å². The molecule has 0 aliphatic heterocycles. The molecule has 0 saturated carbocycles. The van der Waals surface area contributed by atoms with E-state index in [1.807, 2.05) is 30.3 Å². The van der Waals surface area contributed by atoms with Crippen LogP contribution in [0.5, 0.6) is 0 Å². The molecule has 100 valence electrons. The topological polar surface area (TPSA) is 45.1 Å². The van der Waals surface area contributed by atoms with Gasteiger partial charge in [0.05, 0.1) is 18.3 Å². The Balaban J connectivity index is 2.33. The molecular weight excluding hydrogens is 250 g/mol. The molecule has 2 aromatic rings. The Morgan fingerprint density at radius 1 is 1.26 bits per heavy atom. The predicted molar refractivity (Wildman–Crippen MR) is 68.7 cm³/mol. The van der Waals surface area contributed by atoms with Gasteiger partial charge in [-0.05, 0) is 12.5 Å². The van der Waals surface area contributed by atoms with Gasteiger partial charge in [0, 0.05) is 6.07 Å². The smallest absolute Gasteiger partial charge is 0.168 e. The fraction of sp³-hybridized carbons (Fsp3) is 0.214. The highest BCUT2D eigenvalue weighted by Gasteiger charge is 2.27. The molecule has 1 aromatic heterocycles. The first-order valence-electron chi connectivity index (χ1n) is 5.81. The summed E-state index contributed by atoms with van der Waals surface area (Å²) in [6, 6.07) is 9.85. The fourth-order valence-electron chi connectivity index (χ4n) is 1.78. The molecule has 1 atom stereocenters. The van der Waals surface area contributed by atoms with Crippen molar-refractivity contribution in [2.24, 2.45) is 0 Å². The number of aliphatic hydroxyl groups is 1. The second kappa shape index (κ2) is 5.32. The molecule has 0 aliphatic rings. The minimum Gasteiger partial charge on any atom is -0.394 e. The van der Waals surface area contributed by atoms with E-state index in [0.29, 0.717) is 0 Å². The van der Waals surface area contributed by atoms with Gasteiger partial charge in [-0.15, -0.1) is 0 Å². The lowest BCUT2D eigenvalue weighted by molar-refractivity contribution is 0.223. The maximum Gasteiger partial charge on any atom is 0.168 e. The molecule has 1 unspecified atom stereocenters. The Morgan fingerprint density at radius 3 is 2.53 bits per heavy atom. The molecule has 2 N–H and O–H groups in total. The van der Waals surface area contributed by atoms with E-state index in [1.54, 1.807) is 6.92 Å². The average Bonchev–Trinajstić information content (AvgIpc) is 2.43. The number of aromatic nitrogens is 1. The molecule has 0 radical (unpaired) electrons. The normalized spacial score (nSPS) is 13.9. The number of benzene rings is 1. The fourth-order valence-corrected chi connectivity index (χ4v) is 1.78. The van der Waals surface area contributed by atoms with Crippen LogP contribution in [0.3, 0.4) is 0 Å². The second-order valence-electron chi connectivity index (χ2n) is 4.47. The molecule has 0 bridgehead atoms. The van der Waals surface area contributed by atoms with Crippen LogP contribution in [0.2, 0.25) is 0 Å². The summed E-state index contributed by atoms with van der Waals surface area (Å²) in [6.07, 6.45) is 0.925. The number of nitrogens with zero attached hydrogens (tertiary/aromatic N) is 1. The lowest BCUT2D eigenvalue weighted by Crippen LogP contribution is -2.36. The number of rotatable bonds is 4. The molecular formula is C14H14F2N2O. The third kappa shape index (κ3) is 2.88. The van der Waals surface area contributed by atoms with Crippen LogP contribution in [0, 0.1) is 11.6 Å². The number of nitrogens with one attached hydrogen (secondary N) is 1. The first kappa shape index (κ1) is 13.4. The SMILES string of the molecule is CC(CO)(Nc1ncc(F)cc1F)c1ccccc1. The van der Waals surface area contributed by atoms with Gasteiger partial charge in [-0.1, -0.05) is 30.3 Å². The molecule has 1 aromatic carbocycles. The van der Waals surface area contributed by atoms with Gasteiger partial charge in [-0.3, -0.25) is 0 Å². The van der Waals surface area contributed by atoms with Crippen LogP contribution in [0.4, 0.5) is 14.6 Å². The van der Waals surface area contributed by atoms with Crippen LogP contribution in [-0.2, 0) is 5.54 Å². The van der Waals surface area contributed by atoms with Crippen molar-refractivity contribution < 1.29 is 13.9 Å². The monoisotopic (exact) mass is 264 g/mol. The van der Waals surface area contributed by atoms with Crippen molar-refractivity contribution in [1.29, 1.82) is 0 Å². The van der Waals surface area contributed by atoms with E-state index in [2.05, 4.69) is 10.3 Å². The Labute approximate surface area is 109 Å². The van der Waals surface area contributed by atoms with E-state index in [9.17, 15) is 13.9 Å². The molecule has 2 rings (SSSR count). The highest BCUT2D eigenvalue weighted by molar-refractivity contribution is 5.42. The third-order valence-electron chi connectivity index (χ3n) is 2.93. The summed E-state index contributed by atoms with van der Waals surface area (Å²) in [5, 5.41) is 12.4. The van der Waals surface area contributed by atoms with Gasteiger partial charge in [0.2, 0.25) is 0 Å². The molecule has 0 amide bonds. The van der Waals surface area contributed by atoms with Crippen LogP contribution < -0.4 is 5.32 Å². The Kier molecular flexibility index (Phi) is 3.76. The zero-order valence-corrected chi connectivity index (χ0v) is 10.4. The summed E-state index contributed by atoms with van der Waals surface area (Å²) in [7, 11) is 0. The van der Waals surface area contributed by atoms with Gasteiger partial charge in [0.25, 0.3) is 0 Å². The van der Waals surface area contributed by atoms with E-state index in [4.69, 9.17) is 0 Å². The lowest BCUT2D eigenvalue weighted by atomic mass is 9.93. The molecule has 3 nitrogen and oxygen atoms in total. The Morgan fingerprint density at radius 2 is 1.95 bits per heavy atom. The van der Waals surface area contributed by atoms with Crippen molar-refractivity contribution in [3.05, 3.63) is 59.8 Å². The van der Waals surface area contributed by atoms with E-state index >= 15 is 0 Å². The molecule has 5 heteroatoms. The summed E-state index contributed by atoms with van der Waals surface area (Å²) in [5.74, 6) is -1.63. The summed E-state index contributed by atoms with van der Waals surface area (Å²) in [5.41, 5.74) is -0.115. The van der Waals surface area contributed by atoms with Crippen molar-refractivity contribution in [1.82, 2.24) is 4.98 Å². The van der Waals surface area contributed by atoms with Crippen molar-refractivity contribution in [2.45, 2.75) is 12.5 Å². The summed E-state index contributed by atoms with van der Waals surface area (Å²) in [6.45, 7) is 1.46. The van der Waals surface area contributed by atoms with Crippen molar-refractivity contribution in [3.8, 4) is 0 Å². The van der Waals surface area contributed by atoms with Crippen LogP contribution >= 0.6 is 0 Å². The van der Waals surface area contributed by atoms with Gasteiger partial charge >= 0.3 is 0 Å². The van der Waals surface area contributed by atoms with Crippen molar-refractivity contribution in [2.75, 3.05) is 11.9 Å². The maximum absolute atomic E-state index is 13.6. The van der Waals surface area contributed by atoms with Crippen LogP contribution in [-0.4, -0.2) is 16.7 Å². The Hall–Kier alpha value is -2.01. The first-order valence-corrected chi connectivity index (χ1v) is 5.81. The number of pyridine rings is 1. The minimum absolute atomic E-state index is 0.0956. The van der Waals surface area contributed by atoms with Gasteiger partial charge < -0.3 is 10.4 Å². The highest BCUT2D eigenvalue weighted by atomic mass is 19.1. The van der Waals surface area contributed by atoms with E-state index < -0.39 is 17.2 Å². The number of halogens is 2. The second-order valence-corrected chi connectivity index (χ2v) is 4.47. The van der Waals surface area contributed by atoms with Crippen LogP contribution in [0.15, 0.2) is 42.6 Å². The third-order valence-corrected chi connectivity index (χ3v) is 2.93. The van der Waals surface area contributed by atoms with Gasteiger partial charge in [-0.2, -0.15) is 0 Å². The summed E-state index contributed by atoms with van der Waals surface area (Å²) >= 11 is 0. The zero-order chi connectivity index (χ0) is 13.9. The predicted octanol–water partition coefficient (Wildman–Crippen LogP) is 2.68. The largest absolute Gasteiger partial charge is 0.394 e. The van der Waals surface area contributed by atoms with Crippen LogP contribution in [0.25, 0.3) is 0 Å². The number of hydrogen-bond acceptors (Lipinski definition) is 3. The first-order chi connectivity index (χ1) is 9.05. The molecule has 0 spiro atoms. The Bertz CT molecular complexity index is 563. The molecule has 0 saturated heterocycles. The maximum atomic E-state index is 13.6. The molecule has 1 heterocycles. The number of anilines is 1. The lowest BCUT2D eigenvalue weighted by Gasteiger charge is -2.30. The highest BCUT2D eigenvalue weighted by Crippen LogP contribution is 2.26. The quantitative estimate of drug-likeness (QED) is 0.892. The standard InChI is InChI=1S/C14H14F2N2O/c1-14(9-19,10-5-3-2-4-6-10)18-13-12(16)7-11(15)8-17-13/h2-8,19H,9H2,1H3,(H,17,18). The molecule has 0 aliphatic carbocycles. The molecule has 0 fully saturated rings. The molecule has 19 heavy (non-hydrogen) atoms. The number of hydrogen-bond donors (Lipinski definition) is 2. The van der Waals surface area contributed by atoms with E-state index in [1.165, 1.54) is 0 Å². The van der Waals surface area contributed by atoms with Crippen molar-refractivity contribution >= 4 is 5.82 Å². The summed E-state index contributed by atoms with van der Waals surface area (Å²) in [4.78, 5) is 3.66. The summed E-state index contributed by atoms with van der Waals surface area (Å²) < 4.78 is 26.4. The average molecular weight is 264 g/mol. The minimum atomic E-state index is -0.896. The van der Waals surface area contributed by atoms with E-state index in [-0.39, 0.29) is 12.4 Å². The van der Waals surface area contributed by atoms with Gasteiger partial charge in [-0.25, -0.2) is 13.8 Å². The number of aliphatic hydroxyl groups excluding tert-OH is 1.